The van der Waals surface area contributed by atoms with Gasteiger partial charge in [0.2, 0.25) is 0 Å². The number of halogens is 3. The SMILES string of the molecule is Cc1ccc(C(F)(F)F)cc1N=C(N)C1CCCC1. The summed E-state index contributed by atoms with van der Waals surface area (Å²) in [6.07, 6.45) is -0.161. The van der Waals surface area contributed by atoms with Crippen LogP contribution >= 0.6 is 0 Å². The number of alkyl halides is 3. The first-order valence-electron chi connectivity index (χ1n) is 6.40. The Kier molecular flexibility index (Phi) is 3.83. The van der Waals surface area contributed by atoms with Crippen LogP contribution in [0, 0.1) is 12.8 Å². The minimum absolute atomic E-state index is 0.217. The van der Waals surface area contributed by atoms with Crippen molar-refractivity contribution in [2.75, 3.05) is 0 Å². The Morgan fingerprint density at radius 1 is 1.26 bits per heavy atom. The first-order valence-corrected chi connectivity index (χ1v) is 6.40. The minimum Gasteiger partial charge on any atom is -0.387 e. The molecule has 1 aromatic carbocycles. The van der Waals surface area contributed by atoms with Crippen molar-refractivity contribution in [2.24, 2.45) is 16.6 Å². The maximum atomic E-state index is 12.7. The fraction of sp³-hybridized carbons (Fsp3) is 0.500. The molecule has 2 rings (SSSR count). The van der Waals surface area contributed by atoms with E-state index in [9.17, 15) is 13.2 Å². The number of benzene rings is 1. The number of hydrogen-bond acceptors (Lipinski definition) is 1. The normalized spacial score (nSPS) is 18.0. The summed E-state index contributed by atoms with van der Waals surface area (Å²) >= 11 is 0. The molecule has 2 N–H and O–H groups in total. The monoisotopic (exact) mass is 270 g/mol. The highest BCUT2D eigenvalue weighted by molar-refractivity contribution is 5.86. The molecule has 0 saturated heterocycles. The summed E-state index contributed by atoms with van der Waals surface area (Å²) in [4.78, 5) is 4.21. The van der Waals surface area contributed by atoms with E-state index in [0.29, 0.717) is 17.1 Å². The van der Waals surface area contributed by atoms with Gasteiger partial charge in [0.25, 0.3) is 0 Å². The number of nitrogens with two attached hydrogens (primary N) is 1. The molecule has 0 aromatic heterocycles. The number of aliphatic imine (C=N–C) groups is 1. The summed E-state index contributed by atoms with van der Waals surface area (Å²) in [5.74, 6) is 0.675. The molecule has 5 heteroatoms. The fourth-order valence-corrected chi connectivity index (χ4v) is 2.36. The third-order valence-corrected chi connectivity index (χ3v) is 3.56. The van der Waals surface area contributed by atoms with E-state index in [4.69, 9.17) is 5.73 Å². The zero-order valence-corrected chi connectivity index (χ0v) is 10.8. The number of nitrogens with zero attached hydrogens (tertiary/aromatic N) is 1. The van der Waals surface area contributed by atoms with Crippen LogP contribution in [0.15, 0.2) is 23.2 Å². The van der Waals surface area contributed by atoms with Crippen molar-refractivity contribution in [2.45, 2.75) is 38.8 Å². The lowest BCUT2D eigenvalue weighted by molar-refractivity contribution is -0.137. The van der Waals surface area contributed by atoms with E-state index in [1.807, 2.05) is 0 Å². The highest BCUT2D eigenvalue weighted by Gasteiger charge is 2.30. The molecule has 1 fully saturated rings. The summed E-state index contributed by atoms with van der Waals surface area (Å²) in [5, 5.41) is 0. The molecule has 104 valence electrons. The molecular weight excluding hydrogens is 253 g/mol. The van der Waals surface area contributed by atoms with Gasteiger partial charge in [0.05, 0.1) is 11.3 Å². The fourth-order valence-electron chi connectivity index (χ4n) is 2.36. The van der Waals surface area contributed by atoms with Gasteiger partial charge in [-0.15, -0.1) is 0 Å². The molecule has 1 saturated carbocycles. The molecule has 0 bridgehead atoms. The second kappa shape index (κ2) is 5.23. The summed E-state index contributed by atoms with van der Waals surface area (Å²) < 4.78 is 38.0. The summed E-state index contributed by atoms with van der Waals surface area (Å²) in [5.41, 5.74) is 6.25. The zero-order valence-electron chi connectivity index (χ0n) is 10.8. The number of rotatable bonds is 2. The van der Waals surface area contributed by atoms with Crippen molar-refractivity contribution in [3.63, 3.8) is 0 Å². The van der Waals surface area contributed by atoms with Crippen molar-refractivity contribution < 1.29 is 13.2 Å². The van der Waals surface area contributed by atoms with Crippen LogP contribution in [-0.4, -0.2) is 5.84 Å². The lowest BCUT2D eigenvalue weighted by atomic mass is 10.1. The Morgan fingerprint density at radius 3 is 2.47 bits per heavy atom. The van der Waals surface area contributed by atoms with Gasteiger partial charge >= 0.3 is 6.18 Å². The number of hydrogen-bond donors (Lipinski definition) is 1. The molecular formula is C14H17F3N2. The van der Waals surface area contributed by atoms with Crippen LogP contribution in [0.4, 0.5) is 18.9 Å². The van der Waals surface area contributed by atoms with Gasteiger partial charge in [-0.3, -0.25) is 0 Å². The Morgan fingerprint density at radius 2 is 1.89 bits per heavy atom. The van der Waals surface area contributed by atoms with E-state index >= 15 is 0 Å². The standard InChI is InChI=1S/C14H17F3N2/c1-9-6-7-11(14(15,16)17)8-12(9)19-13(18)10-4-2-3-5-10/h6-8,10H,2-5H2,1H3,(H2,18,19). The lowest BCUT2D eigenvalue weighted by Gasteiger charge is -2.11. The van der Waals surface area contributed by atoms with E-state index in [1.54, 1.807) is 6.92 Å². The predicted molar refractivity (Wildman–Crippen MR) is 69.4 cm³/mol. The quantitative estimate of drug-likeness (QED) is 0.635. The van der Waals surface area contributed by atoms with Crippen molar-refractivity contribution in [3.8, 4) is 0 Å². The van der Waals surface area contributed by atoms with Crippen molar-refractivity contribution in [3.05, 3.63) is 29.3 Å². The van der Waals surface area contributed by atoms with E-state index in [-0.39, 0.29) is 5.92 Å². The van der Waals surface area contributed by atoms with Crippen LogP contribution in [0.5, 0.6) is 0 Å². The smallest absolute Gasteiger partial charge is 0.387 e. The average Bonchev–Trinajstić information content (AvgIpc) is 2.84. The highest BCUT2D eigenvalue weighted by atomic mass is 19.4. The first kappa shape index (κ1) is 13.9. The second-order valence-corrected chi connectivity index (χ2v) is 5.02. The lowest BCUT2D eigenvalue weighted by Crippen LogP contribution is -2.20. The van der Waals surface area contributed by atoms with E-state index in [1.165, 1.54) is 6.07 Å². The van der Waals surface area contributed by atoms with Crippen LogP contribution < -0.4 is 5.73 Å². The number of aryl methyl sites for hydroxylation is 1. The van der Waals surface area contributed by atoms with Gasteiger partial charge in [-0.25, -0.2) is 4.99 Å². The zero-order chi connectivity index (χ0) is 14.0. The van der Waals surface area contributed by atoms with Crippen LogP contribution in [0.1, 0.15) is 36.8 Å². The molecule has 0 radical (unpaired) electrons. The molecule has 0 heterocycles. The average molecular weight is 270 g/mol. The van der Waals surface area contributed by atoms with Gasteiger partial charge in [0.1, 0.15) is 5.84 Å². The predicted octanol–water partition coefficient (Wildman–Crippen LogP) is 4.19. The molecule has 1 aliphatic carbocycles. The van der Waals surface area contributed by atoms with Crippen LogP contribution in [0.2, 0.25) is 0 Å². The molecule has 2 nitrogen and oxygen atoms in total. The number of amidine groups is 1. The Hall–Kier alpha value is -1.52. The maximum absolute atomic E-state index is 12.7. The summed E-state index contributed by atoms with van der Waals surface area (Å²) in [6, 6.07) is 3.57. The molecule has 0 spiro atoms. The van der Waals surface area contributed by atoms with E-state index in [2.05, 4.69) is 4.99 Å². The van der Waals surface area contributed by atoms with E-state index in [0.717, 1.165) is 37.8 Å². The van der Waals surface area contributed by atoms with Crippen molar-refractivity contribution in [1.29, 1.82) is 0 Å². The maximum Gasteiger partial charge on any atom is 0.416 e. The molecule has 0 amide bonds. The van der Waals surface area contributed by atoms with Gasteiger partial charge < -0.3 is 5.73 Å². The minimum atomic E-state index is -4.35. The molecule has 1 aliphatic rings. The topological polar surface area (TPSA) is 38.4 Å². The Balaban J connectivity index is 2.30. The third-order valence-electron chi connectivity index (χ3n) is 3.56. The third kappa shape index (κ3) is 3.28. The van der Waals surface area contributed by atoms with Crippen molar-refractivity contribution in [1.82, 2.24) is 0 Å². The van der Waals surface area contributed by atoms with Crippen molar-refractivity contribution >= 4 is 11.5 Å². The largest absolute Gasteiger partial charge is 0.416 e. The van der Waals surface area contributed by atoms with Gasteiger partial charge in [-0.1, -0.05) is 18.9 Å². The molecule has 0 aliphatic heterocycles. The summed E-state index contributed by atoms with van der Waals surface area (Å²) in [6.45, 7) is 1.74. The molecule has 1 aromatic rings. The van der Waals surface area contributed by atoms with E-state index < -0.39 is 11.7 Å². The van der Waals surface area contributed by atoms with Gasteiger partial charge in [0, 0.05) is 5.92 Å². The molecule has 19 heavy (non-hydrogen) atoms. The highest BCUT2D eigenvalue weighted by Crippen LogP contribution is 2.33. The van der Waals surface area contributed by atoms with Gasteiger partial charge in [0.15, 0.2) is 0 Å². The Bertz CT molecular complexity index is 486. The van der Waals surface area contributed by atoms with Gasteiger partial charge in [-0.05, 0) is 37.5 Å². The second-order valence-electron chi connectivity index (χ2n) is 5.02. The van der Waals surface area contributed by atoms with Crippen LogP contribution in [0.3, 0.4) is 0 Å². The van der Waals surface area contributed by atoms with Crippen LogP contribution in [-0.2, 0) is 6.18 Å². The van der Waals surface area contributed by atoms with Gasteiger partial charge in [-0.2, -0.15) is 13.2 Å². The molecule has 0 atom stereocenters. The summed E-state index contributed by atoms with van der Waals surface area (Å²) in [7, 11) is 0. The Labute approximate surface area is 110 Å². The first-order chi connectivity index (χ1) is 8.88. The molecule has 0 unspecified atom stereocenters. The van der Waals surface area contributed by atoms with Crippen LogP contribution in [0.25, 0.3) is 0 Å².